The number of piperidine rings is 2. The number of carbonyl (C=O) groups is 2. The molecule has 1 amide bonds. The number of sulfonamides is 1. The molecule has 3 aliphatic rings. The predicted molar refractivity (Wildman–Crippen MR) is 116 cm³/mol. The van der Waals surface area contributed by atoms with Gasteiger partial charge in [0.25, 0.3) is 5.91 Å². The molecule has 7 nitrogen and oxygen atoms in total. The van der Waals surface area contributed by atoms with Gasteiger partial charge in [-0.1, -0.05) is 13.0 Å². The molecule has 4 rings (SSSR count). The van der Waals surface area contributed by atoms with E-state index >= 15 is 0 Å². The third-order valence-electron chi connectivity index (χ3n) is 6.97. The van der Waals surface area contributed by atoms with E-state index < -0.39 is 16.0 Å². The number of aryl methyl sites for hydroxylation is 2. The number of hydrogen-bond acceptors (Lipinski definition) is 5. The Balaban J connectivity index is 1.27. The van der Waals surface area contributed by atoms with Gasteiger partial charge in [0.15, 0.2) is 6.61 Å². The zero-order chi connectivity index (χ0) is 22.0. The molecule has 2 saturated heterocycles. The van der Waals surface area contributed by atoms with Gasteiger partial charge in [0, 0.05) is 26.2 Å². The van der Waals surface area contributed by atoms with Crippen LogP contribution in [-0.4, -0.2) is 62.3 Å². The van der Waals surface area contributed by atoms with Crippen LogP contribution in [0.5, 0.6) is 0 Å². The molecule has 8 heteroatoms. The standard InChI is InChI=1S/C23H32N2O5S/c1-17-7-11-24(12-8-17)22(26)16-30-23(27)19-9-13-25(14-10-19)31(28,29)21-6-5-18-3-2-4-20(18)15-21/h5-6,15,17,19H,2-4,7-14,16H2,1H3. The lowest BCUT2D eigenvalue weighted by atomic mass is 9.98. The third kappa shape index (κ3) is 4.95. The fourth-order valence-electron chi connectivity index (χ4n) is 4.79. The summed E-state index contributed by atoms with van der Waals surface area (Å²) < 4.78 is 32.8. The second kappa shape index (κ2) is 9.28. The molecule has 1 aliphatic carbocycles. The smallest absolute Gasteiger partial charge is 0.309 e. The zero-order valence-corrected chi connectivity index (χ0v) is 19.0. The minimum Gasteiger partial charge on any atom is -0.455 e. The molecule has 0 spiro atoms. The number of ether oxygens (including phenoxy) is 1. The van der Waals surface area contributed by atoms with E-state index in [0.29, 0.717) is 23.7 Å². The van der Waals surface area contributed by atoms with Crippen molar-refractivity contribution < 1.29 is 22.7 Å². The van der Waals surface area contributed by atoms with Crippen LogP contribution in [0, 0.1) is 11.8 Å². The molecule has 1 aromatic carbocycles. The van der Waals surface area contributed by atoms with Crippen LogP contribution in [0.25, 0.3) is 0 Å². The summed E-state index contributed by atoms with van der Waals surface area (Å²) in [6.07, 6.45) is 5.82. The number of esters is 1. The van der Waals surface area contributed by atoms with Gasteiger partial charge in [-0.2, -0.15) is 4.31 Å². The molecule has 0 aromatic heterocycles. The van der Waals surface area contributed by atoms with Gasteiger partial charge in [-0.15, -0.1) is 0 Å². The van der Waals surface area contributed by atoms with E-state index in [2.05, 4.69) is 6.92 Å². The first-order valence-corrected chi connectivity index (χ1v) is 12.8. The van der Waals surface area contributed by atoms with Gasteiger partial charge in [-0.25, -0.2) is 8.42 Å². The summed E-state index contributed by atoms with van der Waals surface area (Å²) in [6, 6.07) is 5.44. The van der Waals surface area contributed by atoms with E-state index in [1.54, 1.807) is 11.0 Å². The average molecular weight is 449 g/mol. The molecule has 170 valence electrons. The molecular formula is C23H32N2O5S. The highest BCUT2D eigenvalue weighted by molar-refractivity contribution is 7.89. The van der Waals surface area contributed by atoms with E-state index in [9.17, 15) is 18.0 Å². The predicted octanol–water partition coefficient (Wildman–Crippen LogP) is 2.38. The van der Waals surface area contributed by atoms with E-state index in [1.807, 2.05) is 12.1 Å². The quantitative estimate of drug-likeness (QED) is 0.646. The van der Waals surface area contributed by atoms with Gasteiger partial charge >= 0.3 is 5.97 Å². The highest BCUT2D eigenvalue weighted by atomic mass is 32.2. The van der Waals surface area contributed by atoms with Crippen LogP contribution in [0.1, 0.15) is 50.2 Å². The van der Waals surface area contributed by atoms with Gasteiger partial charge in [-0.3, -0.25) is 9.59 Å². The summed E-state index contributed by atoms with van der Waals surface area (Å²) in [7, 11) is -3.56. The lowest BCUT2D eigenvalue weighted by Crippen LogP contribution is -2.42. The number of rotatable bonds is 5. The van der Waals surface area contributed by atoms with Crippen molar-refractivity contribution in [3.05, 3.63) is 29.3 Å². The Bertz CT molecular complexity index is 929. The van der Waals surface area contributed by atoms with Crippen molar-refractivity contribution in [2.24, 2.45) is 11.8 Å². The van der Waals surface area contributed by atoms with Crippen LogP contribution in [0.3, 0.4) is 0 Å². The number of benzene rings is 1. The van der Waals surface area contributed by atoms with Crippen LogP contribution >= 0.6 is 0 Å². The first kappa shape index (κ1) is 22.3. The van der Waals surface area contributed by atoms with Crippen molar-refractivity contribution in [2.45, 2.75) is 56.8 Å². The number of fused-ring (bicyclic) bond motifs is 1. The van der Waals surface area contributed by atoms with Crippen molar-refractivity contribution in [1.29, 1.82) is 0 Å². The second-order valence-electron chi connectivity index (χ2n) is 9.13. The molecule has 0 radical (unpaired) electrons. The molecule has 0 atom stereocenters. The number of nitrogens with zero attached hydrogens (tertiary/aromatic N) is 2. The topological polar surface area (TPSA) is 84.0 Å². The summed E-state index contributed by atoms with van der Waals surface area (Å²) in [6.45, 7) is 3.97. The summed E-state index contributed by atoms with van der Waals surface area (Å²) in [5.41, 5.74) is 2.38. The largest absolute Gasteiger partial charge is 0.455 e. The minimum absolute atomic E-state index is 0.142. The van der Waals surface area contributed by atoms with Crippen molar-refractivity contribution in [1.82, 2.24) is 9.21 Å². The number of hydrogen-bond donors (Lipinski definition) is 0. The monoisotopic (exact) mass is 448 g/mol. The molecule has 2 aliphatic heterocycles. The summed E-state index contributed by atoms with van der Waals surface area (Å²) >= 11 is 0. The van der Waals surface area contributed by atoms with Crippen molar-refractivity contribution in [3.63, 3.8) is 0 Å². The van der Waals surface area contributed by atoms with Crippen molar-refractivity contribution in [2.75, 3.05) is 32.8 Å². The molecule has 0 unspecified atom stereocenters. The van der Waals surface area contributed by atoms with Crippen LogP contribution in [0.4, 0.5) is 0 Å². The molecule has 0 saturated carbocycles. The second-order valence-corrected chi connectivity index (χ2v) is 11.1. The fraction of sp³-hybridized carbons (Fsp3) is 0.652. The Morgan fingerprint density at radius 2 is 1.68 bits per heavy atom. The van der Waals surface area contributed by atoms with E-state index in [1.165, 1.54) is 9.87 Å². The van der Waals surface area contributed by atoms with Crippen molar-refractivity contribution in [3.8, 4) is 0 Å². The molecule has 2 heterocycles. The Labute approximate surface area is 184 Å². The maximum atomic E-state index is 13.0. The van der Waals surface area contributed by atoms with Crippen molar-refractivity contribution >= 4 is 21.9 Å². The van der Waals surface area contributed by atoms with Gasteiger partial charge < -0.3 is 9.64 Å². The molecule has 31 heavy (non-hydrogen) atoms. The summed E-state index contributed by atoms with van der Waals surface area (Å²) in [5.74, 6) is -0.268. The highest BCUT2D eigenvalue weighted by Crippen LogP contribution is 2.29. The SMILES string of the molecule is CC1CCN(C(=O)COC(=O)C2CCN(S(=O)(=O)c3ccc4c(c3)CCC4)CC2)CC1. The van der Waals surface area contributed by atoms with Gasteiger partial charge in [-0.05, 0) is 74.1 Å². The number of likely N-dealkylation sites (tertiary alicyclic amines) is 1. The molecule has 0 bridgehead atoms. The number of amides is 1. The molecule has 2 fully saturated rings. The fourth-order valence-corrected chi connectivity index (χ4v) is 6.31. The van der Waals surface area contributed by atoms with Crippen LogP contribution in [-0.2, 0) is 37.2 Å². The van der Waals surface area contributed by atoms with E-state index in [0.717, 1.165) is 50.8 Å². The lowest BCUT2D eigenvalue weighted by molar-refractivity contribution is -0.157. The first-order chi connectivity index (χ1) is 14.8. The summed E-state index contributed by atoms with van der Waals surface area (Å²) in [5, 5.41) is 0. The Morgan fingerprint density at radius 1 is 1.00 bits per heavy atom. The Morgan fingerprint density at radius 3 is 2.39 bits per heavy atom. The highest BCUT2D eigenvalue weighted by Gasteiger charge is 2.33. The third-order valence-corrected chi connectivity index (χ3v) is 8.86. The lowest BCUT2D eigenvalue weighted by Gasteiger charge is -2.31. The van der Waals surface area contributed by atoms with Crippen LogP contribution in [0.2, 0.25) is 0 Å². The molecular weight excluding hydrogens is 416 g/mol. The number of carbonyl (C=O) groups excluding carboxylic acids is 2. The minimum atomic E-state index is -3.56. The van der Waals surface area contributed by atoms with Gasteiger partial charge in [0.1, 0.15) is 0 Å². The van der Waals surface area contributed by atoms with Crippen LogP contribution in [0.15, 0.2) is 23.1 Å². The molecule has 0 N–H and O–H groups in total. The van der Waals surface area contributed by atoms with E-state index in [4.69, 9.17) is 4.74 Å². The first-order valence-electron chi connectivity index (χ1n) is 11.4. The Kier molecular flexibility index (Phi) is 6.67. The molecule has 1 aromatic rings. The zero-order valence-electron chi connectivity index (χ0n) is 18.2. The van der Waals surface area contributed by atoms with Gasteiger partial charge in [0.05, 0.1) is 10.8 Å². The maximum Gasteiger partial charge on any atom is 0.309 e. The average Bonchev–Trinajstić information content (AvgIpc) is 3.26. The van der Waals surface area contributed by atoms with Crippen LogP contribution < -0.4 is 0 Å². The van der Waals surface area contributed by atoms with E-state index in [-0.39, 0.29) is 31.5 Å². The Hall–Kier alpha value is -1.93. The normalized spacial score (nSPS) is 21.1. The van der Waals surface area contributed by atoms with Gasteiger partial charge in [0.2, 0.25) is 10.0 Å². The summed E-state index contributed by atoms with van der Waals surface area (Å²) in [4.78, 5) is 26.8. The maximum absolute atomic E-state index is 13.0.